The van der Waals surface area contributed by atoms with Gasteiger partial charge in [-0.2, -0.15) is 0 Å². The van der Waals surface area contributed by atoms with Gasteiger partial charge in [-0.05, 0) is 58.2 Å². The molecule has 2 aliphatic heterocycles. The quantitative estimate of drug-likeness (QED) is 0.564. The zero-order chi connectivity index (χ0) is 18.6. The zero-order valence-electron chi connectivity index (χ0n) is 16.4. The normalized spacial score (nSPS) is 30.6. The molecule has 2 bridgehead atoms. The van der Waals surface area contributed by atoms with Gasteiger partial charge in [0.05, 0.1) is 6.10 Å². The second-order valence-corrected chi connectivity index (χ2v) is 14.5. The summed E-state index contributed by atoms with van der Waals surface area (Å²) in [5, 5.41) is 0.0651. The Morgan fingerprint density at radius 2 is 1.79 bits per heavy atom. The molecular formula is C18H33NO4Si. The van der Waals surface area contributed by atoms with Crippen LogP contribution in [0.1, 0.15) is 60.8 Å². The third-order valence-electron chi connectivity index (χ3n) is 5.77. The van der Waals surface area contributed by atoms with Gasteiger partial charge in [0.2, 0.25) is 0 Å². The molecule has 2 rings (SSSR count). The van der Waals surface area contributed by atoms with Crippen molar-refractivity contribution in [2.75, 3.05) is 0 Å². The highest BCUT2D eigenvalue weighted by molar-refractivity contribution is 6.74. The Balaban J connectivity index is 2.26. The number of hydrogen-bond donors (Lipinski definition) is 0. The largest absolute Gasteiger partial charge is 0.444 e. The SMILES string of the molecule is CC(C)(C)OC(=O)N1C2CCC1(C=O)C(O[Si](C)(C)C(C)(C)C)C2. The van der Waals surface area contributed by atoms with Gasteiger partial charge in [-0.3, -0.25) is 4.90 Å². The highest BCUT2D eigenvalue weighted by Gasteiger charge is 2.63. The molecule has 0 aromatic rings. The predicted molar refractivity (Wildman–Crippen MR) is 96.6 cm³/mol. The highest BCUT2D eigenvalue weighted by atomic mass is 28.4. The molecule has 0 radical (unpaired) electrons. The summed E-state index contributed by atoms with van der Waals surface area (Å²) in [4.78, 5) is 26.5. The van der Waals surface area contributed by atoms with Gasteiger partial charge in [-0.25, -0.2) is 4.79 Å². The van der Waals surface area contributed by atoms with Gasteiger partial charge in [0.15, 0.2) is 8.32 Å². The van der Waals surface area contributed by atoms with Crippen LogP contribution in [0.5, 0.6) is 0 Å². The van der Waals surface area contributed by atoms with Crippen molar-refractivity contribution < 1.29 is 18.8 Å². The van der Waals surface area contributed by atoms with Crippen LogP contribution in [0.15, 0.2) is 0 Å². The summed E-state index contributed by atoms with van der Waals surface area (Å²) in [7, 11) is -2.02. The molecule has 2 heterocycles. The highest BCUT2D eigenvalue weighted by Crippen LogP contribution is 2.50. The van der Waals surface area contributed by atoms with Gasteiger partial charge in [0.25, 0.3) is 0 Å². The van der Waals surface area contributed by atoms with Crippen LogP contribution in [0, 0.1) is 0 Å². The molecule has 3 unspecified atom stereocenters. The van der Waals surface area contributed by atoms with E-state index in [4.69, 9.17) is 9.16 Å². The fourth-order valence-electron chi connectivity index (χ4n) is 3.48. The van der Waals surface area contributed by atoms with Gasteiger partial charge in [-0.15, -0.1) is 0 Å². The van der Waals surface area contributed by atoms with Crippen molar-refractivity contribution in [1.29, 1.82) is 0 Å². The molecule has 0 N–H and O–H groups in total. The Hall–Kier alpha value is -0.883. The first-order valence-corrected chi connectivity index (χ1v) is 11.8. The first-order valence-electron chi connectivity index (χ1n) is 8.90. The van der Waals surface area contributed by atoms with E-state index in [1.54, 1.807) is 4.90 Å². The zero-order valence-corrected chi connectivity index (χ0v) is 17.4. The fraction of sp³-hybridized carbons (Fsp3) is 0.889. The maximum atomic E-state index is 12.7. The van der Waals surface area contributed by atoms with Crippen molar-refractivity contribution in [3.8, 4) is 0 Å². The Morgan fingerprint density at radius 3 is 2.25 bits per heavy atom. The molecule has 6 heteroatoms. The summed E-state index contributed by atoms with van der Waals surface area (Å²) >= 11 is 0. The Kier molecular flexibility index (Phi) is 4.73. The topological polar surface area (TPSA) is 55.8 Å². The lowest BCUT2D eigenvalue weighted by atomic mass is 9.86. The van der Waals surface area contributed by atoms with Crippen LogP contribution in [0.2, 0.25) is 18.1 Å². The van der Waals surface area contributed by atoms with Crippen LogP contribution < -0.4 is 0 Å². The van der Waals surface area contributed by atoms with E-state index in [2.05, 4.69) is 33.9 Å². The molecule has 138 valence electrons. The first kappa shape index (κ1) is 19.4. The molecule has 2 saturated heterocycles. The monoisotopic (exact) mass is 355 g/mol. The van der Waals surface area contributed by atoms with Gasteiger partial charge in [0, 0.05) is 6.04 Å². The van der Waals surface area contributed by atoms with Crippen LogP contribution >= 0.6 is 0 Å². The lowest BCUT2D eigenvalue weighted by molar-refractivity contribution is -0.120. The molecule has 2 aliphatic rings. The minimum atomic E-state index is -2.02. The van der Waals surface area contributed by atoms with E-state index in [0.29, 0.717) is 6.42 Å². The number of ether oxygens (including phenoxy) is 1. The van der Waals surface area contributed by atoms with Crippen LogP contribution in [0.4, 0.5) is 4.79 Å². The predicted octanol–water partition coefficient (Wildman–Crippen LogP) is 4.12. The average Bonchev–Trinajstić information content (AvgIpc) is 2.87. The summed E-state index contributed by atoms with van der Waals surface area (Å²) in [5.41, 5.74) is -1.43. The standard InChI is InChI=1S/C18H33NO4Si/c1-16(2,3)22-15(21)19-13-9-10-18(19,12-20)14(11-13)23-24(7,8)17(4,5)6/h12-14H,9-11H2,1-8H3. The minimum absolute atomic E-state index is 0.0415. The van der Waals surface area contributed by atoms with Crippen molar-refractivity contribution in [2.24, 2.45) is 0 Å². The van der Waals surface area contributed by atoms with Crippen molar-refractivity contribution in [2.45, 2.75) is 102 Å². The molecule has 0 aromatic heterocycles. The Labute approximate surface area is 147 Å². The van der Waals surface area contributed by atoms with Crippen LogP contribution in [0.25, 0.3) is 0 Å². The maximum absolute atomic E-state index is 12.7. The van der Waals surface area contributed by atoms with E-state index >= 15 is 0 Å². The second-order valence-electron chi connectivity index (χ2n) is 9.75. The number of rotatable bonds is 3. The number of aldehydes is 1. The van der Waals surface area contributed by atoms with Crippen LogP contribution in [-0.2, 0) is 14.0 Å². The first-order chi connectivity index (χ1) is 10.7. The number of fused-ring (bicyclic) bond motifs is 2. The minimum Gasteiger partial charge on any atom is -0.444 e. The Bertz CT molecular complexity index is 520. The maximum Gasteiger partial charge on any atom is 0.411 e. The molecule has 2 fully saturated rings. The third-order valence-corrected chi connectivity index (χ3v) is 10.3. The molecule has 1 amide bonds. The summed E-state index contributed by atoms with van der Waals surface area (Å²) in [6.45, 7) is 16.5. The van der Waals surface area contributed by atoms with Crippen LogP contribution in [0.3, 0.4) is 0 Å². The van der Waals surface area contributed by atoms with E-state index in [9.17, 15) is 9.59 Å². The number of carbonyl (C=O) groups is 2. The van der Waals surface area contributed by atoms with E-state index in [1.807, 2.05) is 20.8 Å². The molecule has 24 heavy (non-hydrogen) atoms. The van der Waals surface area contributed by atoms with Crippen molar-refractivity contribution in [3.63, 3.8) is 0 Å². The number of carbonyl (C=O) groups excluding carboxylic acids is 2. The molecule has 0 aliphatic carbocycles. The summed E-state index contributed by atoms with van der Waals surface area (Å²) < 4.78 is 12.1. The van der Waals surface area contributed by atoms with Gasteiger partial charge in [0.1, 0.15) is 17.4 Å². The second kappa shape index (κ2) is 5.83. The molecule has 5 nitrogen and oxygen atoms in total. The van der Waals surface area contributed by atoms with E-state index in [1.165, 1.54) is 0 Å². The molecule has 0 spiro atoms. The van der Waals surface area contributed by atoms with E-state index < -0.39 is 25.6 Å². The van der Waals surface area contributed by atoms with E-state index in [-0.39, 0.29) is 17.2 Å². The lowest BCUT2D eigenvalue weighted by Crippen LogP contribution is -2.57. The summed E-state index contributed by atoms with van der Waals surface area (Å²) in [6, 6.07) is 0.0415. The van der Waals surface area contributed by atoms with Crippen molar-refractivity contribution in [3.05, 3.63) is 0 Å². The molecular weight excluding hydrogens is 322 g/mol. The van der Waals surface area contributed by atoms with Gasteiger partial charge in [-0.1, -0.05) is 20.8 Å². The Morgan fingerprint density at radius 1 is 1.21 bits per heavy atom. The third kappa shape index (κ3) is 3.27. The van der Waals surface area contributed by atoms with Crippen molar-refractivity contribution >= 4 is 20.7 Å². The van der Waals surface area contributed by atoms with Crippen molar-refractivity contribution in [1.82, 2.24) is 4.90 Å². The fourth-order valence-corrected chi connectivity index (χ4v) is 4.85. The molecule has 0 saturated carbocycles. The molecule has 0 aromatic carbocycles. The number of hydrogen-bond acceptors (Lipinski definition) is 4. The summed E-state index contributed by atoms with van der Waals surface area (Å²) in [5.74, 6) is 0. The lowest BCUT2D eigenvalue weighted by Gasteiger charge is -2.43. The average molecular weight is 356 g/mol. The van der Waals surface area contributed by atoms with Crippen LogP contribution in [-0.4, -0.2) is 48.9 Å². The smallest absolute Gasteiger partial charge is 0.411 e. The van der Waals surface area contributed by atoms with Gasteiger partial charge < -0.3 is 14.0 Å². The number of amides is 1. The van der Waals surface area contributed by atoms with E-state index in [0.717, 1.165) is 19.1 Å². The summed E-state index contributed by atoms with van der Waals surface area (Å²) in [6.07, 6.45) is 2.56. The number of nitrogens with zero attached hydrogens (tertiary/aromatic N) is 1. The molecule has 3 atom stereocenters. The van der Waals surface area contributed by atoms with Gasteiger partial charge >= 0.3 is 6.09 Å².